The Balaban J connectivity index is 1.63. The van der Waals surface area contributed by atoms with Crippen molar-refractivity contribution in [3.05, 3.63) is 48.8 Å². The van der Waals surface area contributed by atoms with Crippen molar-refractivity contribution < 1.29 is 17.7 Å². The highest BCUT2D eigenvalue weighted by atomic mass is 19.4. The van der Waals surface area contributed by atoms with Crippen LogP contribution in [0, 0.1) is 0 Å². The first kappa shape index (κ1) is 16.5. The van der Waals surface area contributed by atoms with Gasteiger partial charge in [-0.05, 0) is 18.6 Å². The Kier molecular flexibility index (Phi) is 3.85. The quantitative estimate of drug-likeness (QED) is 0.697. The Labute approximate surface area is 145 Å². The zero-order chi connectivity index (χ0) is 18.2. The Morgan fingerprint density at radius 1 is 1.27 bits per heavy atom. The first-order chi connectivity index (χ1) is 12.5. The molecule has 1 aliphatic heterocycles. The van der Waals surface area contributed by atoms with Crippen LogP contribution in [0.25, 0.3) is 0 Å². The summed E-state index contributed by atoms with van der Waals surface area (Å²) in [5.41, 5.74) is -2.22. The third-order valence-electron chi connectivity index (χ3n) is 4.43. The molecule has 0 spiro atoms. The van der Waals surface area contributed by atoms with Crippen molar-refractivity contribution in [1.29, 1.82) is 0 Å². The summed E-state index contributed by atoms with van der Waals surface area (Å²) in [5, 5.41) is 7.56. The number of halogens is 3. The van der Waals surface area contributed by atoms with Crippen molar-refractivity contribution >= 4 is 5.82 Å². The van der Waals surface area contributed by atoms with Crippen LogP contribution in [0.1, 0.15) is 18.1 Å². The van der Waals surface area contributed by atoms with Gasteiger partial charge in [-0.1, -0.05) is 11.2 Å². The molecule has 3 aromatic rings. The maximum atomic E-state index is 14.0. The SMILES string of the molecule is FC(F)(F)C1(c2nc(Cn3cncn3)no2)CCN(c2ccccn2)C1. The van der Waals surface area contributed by atoms with Crippen molar-refractivity contribution in [2.24, 2.45) is 0 Å². The molecule has 0 aromatic carbocycles. The average Bonchev–Trinajstić information content (AvgIpc) is 3.36. The fourth-order valence-electron chi connectivity index (χ4n) is 3.05. The molecule has 1 unspecified atom stereocenters. The second kappa shape index (κ2) is 6.07. The molecule has 11 heteroatoms. The van der Waals surface area contributed by atoms with Crippen molar-refractivity contribution in [2.75, 3.05) is 18.0 Å². The highest BCUT2D eigenvalue weighted by Crippen LogP contribution is 2.47. The molecule has 26 heavy (non-hydrogen) atoms. The summed E-state index contributed by atoms with van der Waals surface area (Å²) in [6.45, 7) is -0.0445. The van der Waals surface area contributed by atoms with E-state index in [2.05, 4.69) is 25.2 Å². The van der Waals surface area contributed by atoms with Crippen molar-refractivity contribution in [1.82, 2.24) is 29.9 Å². The van der Waals surface area contributed by atoms with Gasteiger partial charge in [-0.25, -0.2) is 14.6 Å². The van der Waals surface area contributed by atoms with E-state index in [0.717, 1.165) is 0 Å². The molecule has 1 atom stereocenters. The maximum Gasteiger partial charge on any atom is 0.405 e. The minimum absolute atomic E-state index is 0.0847. The predicted octanol–water partition coefficient (Wildman–Crippen LogP) is 1.81. The summed E-state index contributed by atoms with van der Waals surface area (Å²) in [7, 11) is 0. The average molecular weight is 365 g/mol. The number of nitrogens with zero attached hydrogens (tertiary/aromatic N) is 7. The Morgan fingerprint density at radius 3 is 2.85 bits per heavy atom. The molecule has 4 rings (SSSR count). The van der Waals surface area contributed by atoms with Gasteiger partial charge in [0, 0.05) is 19.3 Å². The predicted molar refractivity (Wildman–Crippen MR) is 82.2 cm³/mol. The molecule has 1 fully saturated rings. The van der Waals surface area contributed by atoms with E-state index in [1.807, 2.05) is 0 Å². The van der Waals surface area contributed by atoms with Gasteiger partial charge < -0.3 is 9.42 Å². The zero-order valence-corrected chi connectivity index (χ0v) is 13.5. The molecule has 0 N–H and O–H groups in total. The molecule has 0 amide bonds. The van der Waals surface area contributed by atoms with Crippen LogP contribution in [0.5, 0.6) is 0 Å². The molecule has 1 saturated heterocycles. The third-order valence-corrected chi connectivity index (χ3v) is 4.43. The molecule has 0 saturated carbocycles. The van der Waals surface area contributed by atoms with Gasteiger partial charge in [-0.15, -0.1) is 0 Å². The minimum atomic E-state index is -4.53. The summed E-state index contributed by atoms with van der Waals surface area (Å²) in [4.78, 5) is 13.5. The summed E-state index contributed by atoms with van der Waals surface area (Å²) in [6, 6.07) is 5.13. The monoisotopic (exact) mass is 365 g/mol. The van der Waals surface area contributed by atoms with Crippen LogP contribution >= 0.6 is 0 Å². The van der Waals surface area contributed by atoms with Crippen LogP contribution in [0.3, 0.4) is 0 Å². The lowest BCUT2D eigenvalue weighted by molar-refractivity contribution is -0.191. The van der Waals surface area contributed by atoms with Crippen LogP contribution in [-0.4, -0.2) is 49.2 Å². The van der Waals surface area contributed by atoms with Crippen molar-refractivity contribution in [3.63, 3.8) is 0 Å². The lowest BCUT2D eigenvalue weighted by Gasteiger charge is -2.28. The molecule has 3 aromatic heterocycles. The number of rotatable bonds is 4. The van der Waals surface area contributed by atoms with Crippen LogP contribution in [0.2, 0.25) is 0 Å². The van der Waals surface area contributed by atoms with Gasteiger partial charge in [0.1, 0.15) is 25.0 Å². The Morgan fingerprint density at radius 2 is 2.15 bits per heavy atom. The normalized spacial score (nSPS) is 20.7. The van der Waals surface area contributed by atoms with Crippen LogP contribution in [-0.2, 0) is 12.0 Å². The fraction of sp³-hybridized carbons (Fsp3) is 0.400. The molecular formula is C15H14F3N7O. The Hall–Kier alpha value is -2.98. The minimum Gasteiger partial charge on any atom is -0.355 e. The molecule has 1 aliphatic rings. The topological polar surface area (TPSA) is 85.8 Å². The highest BCUT2D eigenvalue weighted by Gasteiger charge is 2.63. The van der Waals surface area contributed by atoms with Gasteiger partial charge in [-0.2, -0.15) is 23.3 Å². The van der Waals surface area contributed by atoms with E-state index < -0.39 is 17.5 Å². The van der Waals surface area contributed by atoms with Crippen molar-refractivity contribution in [2.45, 2.75) is 24.6 Å². The summed E-state index contributed by atoms with van der Waals surface area (Å²) < 4.78 is 48.4. The number of anilines is 1. The van der Waals surface area contributed by atoms with Crippen LogP contribution in [0.4, 0.5) is 19.0 Å². The largest absolute Gasteiger partial charge is 0.405 e. The van der Waals surface area contributed by atoms with E-state index in [0.29, 0.717) is 5.82 Å². The van der Waals surface area contributed by atoms with Gasteiger partial charge in [-0.3, -0.25) is 0 Å². The standard InChI is InChI=1S/C15H14F3N7O/c16-15(17,18)14(4-6-24(8-14)12-3-1-2-5-20-12)13-22-11(23-26-13)7-25-10-19-9-21-25/h1-3,5,9-10H,4,6-8H2. The molecule has 136 valence electrons. The van der Waals surface area contributed by atoms with Gasteiger partial charge in [0.2, 0.25) is 5.89 Å². The molecule has 0 radical (unpaired) electrons. The molecule has 0 aliphatic carbocycles. The summed E-state index contributed by atoms with van der Waals surface area (Å²) >= 11 is 0. The van der Waals surface area contributed by atoms with Gasteiger partial charge >= 0.3 is 6.18 Å². The Bertz CT molecular complexity index is 865. The van der Waals surface area contributed by atoms with E-state index in [4.69, 9.17) is 4.52 Å². The summed E-state index contributed by atoms with van der Waals surface area (Å²) in [6.07, 6.45) is -0.425. The lowest BCUT2D eigenvalue weighted by atomic mass is 9.86. The van der Waals surface area contributed by atoms with Crippen LogP contribution < -0.4 is 4.90 Å². The molecule has 0 bridgehead atoms. The first-order valence-corrected chi connectivity index (χ1v) is 7.86. The van der Waals surface area contributed by atoms with Gasteiger partial charge in [0.25, 0.3) is 0 Å². The first-order valence-electron chi connectivity index (χ1n) is 7.86. The smallest absolute Gasteiger partial charge is 0.355 e. The van der Waals surface area contributed by atoms with Crippen LogP contribution in [0.15, 0.2) is 41.6 Å². The second-order valence-corrected chi connectivity index (χ2v) is 6.05. The summed E-state index contributed by atoms with van der Waals surface area (Å²) in [5.74, 6) is 0.171. The molecule has 4 heterocycles. The number of aromatic nitrogens is 6. The lowest BCUT2D eigenvalue weighted by Crippen LogP contribution is -2.45. The van der Waals surface area contributed by atoms with E-state index in [9.17, 15) is 13.2 Å². The maximum absolute atomic E-state index is 14.0. The second-order valence-electron chi connectivity index (χ2n) is 6.05. The van der Waals surface area contributed by atoms with Gasteiger partial charge in [0.05, 0.1) is 0 Å². The zero-order valence-electron chi connectivity index (χ0n) is 13.5. The van der Waals surface area contributed by atoms with Crippen molar-refractivity contribution in [3.8, 4) is 0 Å². The molecule has 8 nitrogen and oxygen atoms in total. The number of hydrogen-bond acceptors (Lipinski definition) is 7. The fourth-order valence-corrected chi connectivity index (χ4v) is 3.05. The van der Waals surface area contributed by atoms with E-state index in [-0.39, 0.29) is 31.9 Å². The number of hydrogen-bond donors (Lipinski definition) is 0. The van der Waals surface area contributed by atoms with E-state index in [1.165, 1.54) is 17.3 Å². The number of alkyl halides is 3. The third kappa shape index (κ3) is 2.78. The van der Waals surface area contributed by atoms with Gasteiger partial charge in [0.15, 0.2) is 11.2 Å². The van der Waals surface area contributed by atoms with E-state index >= 15 is 0 Å². The highest BCUT2D eigenvalue weighted by molar-refractivity contribution is 5.42. The van der Waals surface area contributed by atoms with E-state index in [1.54, 1.807) is 29.3 Å². The number of pyridine rings is 1. The molecular weight excluding hydrogens is 351 g/mol.